The van der Waals surface area contributed by atoms with Gasteiger partial charge in [-0.2, -0.15) is 13.2 Å². The van der Waals surface area contributed by atoms with Crippen molar-refractivity contribution in [2.45, 2.75) is 11.1 Å². The summed E-state index contributed by atoms with van der Waals surface area (Å²) in [7, 11) is -4.66. The SMILES string of the molecule is O=C(NS(=O)(=O)c1ccc(NCC(F)(F)F)c([N+](=O)[O-])c1)c1ccccc1Oc1cnc2[nH]ccc2c1. The zero-order chi connectivity index (χ0) is 26.8. The number of aromatic nitrogens is 2. The zero-order valence-corrected chi connectivity index (χ0v) is 19.3. The number of benzene rings is 2. The van der Waals surface area contributed by atoms with Crippen molar-refractivity contribution < 1.29 is 36.0 Å². The van der Waals surface area contributed by atoms with Gasteiger partial charge in [-0.05, 0) is 36.4 Å². The van der Waals surface area contributed by atoms with Crippen LogP contribution in [0.15, 0.2) is 71.9 Å². The number of halogens is 3. The minimum Gasteiger partial charge on any atom is -0.455 e. The van der Waals surface area contributed by atoms with Gasteiger partial charge in [-0.15, -0.1) is 0 Å². The number of aromatic amines is 1. The van der Waals surface area contributed by atoms with E-state index < -0.39 is 49.8 Å². The first kappa shape index (κ1) is 25.4. The maximum Gasteiger partial charge on any atom is 0.405 e. The van der Waals surface area contributed by atoms with Crippen molar-refractivity contribution in [3.05, 3.63) is 82.7 Å². The molecule has 0 saturated carbocycles. The Morgan fingerprint density at radius 1 is 1.14 bits per heavy atom. The van der Waals surface area contributed by atoms with Crippen LogP contribution < -0.4 is 14.8 Å². The number of carbonyl (C=O) groups is 1. The van der Waals surface area contributed by atoms with Crippen LogP contribution in [0, 0.1) is 10.1 Å². The van der Waals surface area contributed by atoms with E-state index in [1.807, 2.05) is 5.32 Å². The lowest BCUT2D eigenvalue weighted by Gasteiger charge is -2.13. The molecule has 0 spiro atoms. The van der Waals surface area contributed by atoms with Gasteiger partial charge in [-0.25, -0.2) is 18.1 Å². The molecular formula is C22H16F3N5O6S. The lowest BCUT2D eigenvalue weighted by atomic mass is 10.2. The molecular weight excluding hydrogens is 519 g/mol. The number of sulfonamides is 1. The minimum atomic E-state index is -4.66. The molecule has 1 amide bonds. The number of pyridine rings is 1. The number of alkyl halides is 3. The Labute approximate surface area is 206 Å². The van der Waals surface area contributed by atoms with Crippen LogP contribution in [0.4, 0.5) is 24.5 Å². The van der Waals surface area contributed by atoms with Gasteiger partial charge in [0.2, 0.25) is 0 Å². The Hall–Kier alpha value is -4.66. The summed E-state index contributed by atoms with van der Waals surface area (Å²) in [5.41, 5.74) is -1.02. The van der Waals surface area contributed by atoms with Crippen LogP contribution in [-0.4, -0.2) is 41.9 Å². The minimum absolute atomic E-state index is 0.00423. The van der Waals surface area contributed by atoms with Crippen LogP contribution in [-0.2, 0) is 10.0 Å². The number of hydrogen-bond acceptors (Lipinski definition) is 8. The maximum atomic E-state index is 12.9. The van der Waals surface area contributed by atoms with E-state index in [1.165, 1.54) is 24.4 Å². The highest BCUT2D eigenvalue weighted by Crippen LogP contribution is 2.30. The molecule has 37 heavy (non-hydrogen) atoms. The smallest absolute Gasteiger partial charge is 0.405 e. The number of para-hydroxylation sites is 1. The van der Waals surface area contributed by atoms with Crippen molar-refractivity contribution in [1.29, 1.82) is 0 Å². The molecule has 192 valence electrons. The van der Waals surface area contributed by atoms with E-state index in [1.54, 1.807) is 29.1 Å². The maximum absolute atomic E-state index is 12.9. The van der Waals surface area contributed by atoms with Crippen molar-refractivity contribution in [2.24, 2.45) is 0 Å². The molecule has 2 aromatic heterocycles. The standard InChI is InChI=1S/C22H16F3N5O6S/c23-22(24,25)12-28-17-6-5-15(10-18(17)30(32)33)37(34,35)29-21(31)16-3-1-2-4-19(16)36-14-9-13-7-8-26-20(13)27-11-14/h1-11,28H,12H2,(H,26,27)(H,29,31). The number of anilines is 1. The number of nitro groups is 1. The van der Waals surface area contributed by atoms with Crippen molar-refractivity contribution in [3.8, 4) is 11.5 Å². The summed E-state index contributed by atoms with van der Waals surface area (Å²) in [4.78, 5) is 29.5. The van der Waals surface area contributed by atoms with E-state index in [0.29, 0.717) is 11.7 Å². The monoisotopic (exact) mass is 535 g/mol. The average Bonchev–Trinajstić information content (AvgIpc) is 3.30. The predicted molar refractivity (Wildman–Crippen MR) is 125 cm³/mol. The predicted octanol–water partition coefficient (Wildman–Crippen LogP) is 4.36. The third kappa shape index (κ3) is 5.95. The van der Waals surface area contributed by atoms with Crippen LogP contribution >= 0.6 is 0 Å². The van der Waals surface area contributed by atoms with Crippen LogP contribution in [0.25, 0.3) is 11.0 Å². The van der Waals surface area contributed by atoms with Gasteiger partial charge in [0.05, 0.1) is 21.6 Å². The summed E-state index contributed by atoms with van der Waals surface area (Å²) < 4.78 is 70.6. The molecule has 0 fully saturated rings. The van der Waals surface area contributed by atoms with Crippen molar-refractivity contribution >= 4 is 38.3 Å². The molecule has 0 atom stereocenters. The molecule has 2 heterocycles. The summed E-state index contributed by atoms with van der Waals surface area (Å²) in [6, 6.07) is 11.3. The molecule has 0 saturated heterocycles. The second-order valence-electron chi connectivity index (χ2n) is 7.52. The van der Waals surface area contributed by atoms with Gasteiger partial charge in [-0.1, -0.05) is 12.1 Å². The Morgan fingerprint density at radius 2 is 1.89 bits per heavy atom. The van der Waals surface area contributed by atoms with Gasteiger partial charge in [0.15, 0.2) is 0 Å². The molecule has 15 heteroatoms. The Morgan fingerprint density at radius 3 is 2.62 bits per heavy atom. The molecule has 4 aromatic rings. The quantitative estimate of drug-likeness (QED) is 0.222. The highest BCUT2D eigenvalue weighted by Gasteiger charge is 2.29. The van der Waals surface area contributed by atoms with E-state index in [-0.39, 0.29) is 17.1 Å². The Kier molecular flexibility index (Phi) is 6.72. The molecule has 3 N–H and O–H groups in total. The lowest BCUT2D eigenvalue weighted by molar-refractivity contribution is -0.384. The molecule has 11 nitrogen and oxygen atoms in total. The van der Waals surface area contributed by atoms with Gasteiger partial charge < -0.3 is 15.0 Å². The van der Waals surface area contributed by atoms with Gasteiger partial charge in [-0.3, -0.25) is 14.9 Å². The number of nitrogens with one attached hydrogen (secondary N) is 3. The number of hydrogen-bond donors (Lipinski definition) is 3. The van der Waals surface area contributed by atoms with E-state index in [0.717, 1.165) is 17.5 Å². The fourth-order valence-electron chi connectivity index (χ4n) is 3.26. The molecule has 0 aliphatic rings. The van der Waals surface area contributed by atoms with Gasteiger partial charge in [0.25, 0.3) is 21.6 Å². The van der Waals surface area contributed by atoms with Crippen molar-refractivity contribution in [3.63, 3.8) is 0 Å². The number of rotatable bonds is 8. The van der Waals surface area contributed by atoms with E-state index >= 15 is 0 Å². The number of nitro benzene ring substituents is 1. The first-order chi connectivity index (χ1) is 17.4. The average molecular weight is 535 g/mol. The molecule has 0 bridgehead atoms. The molecule has 0 aliphatic heterocycles. The topological polar surface area (TPSA) is 156 Å². The second kappa shape index (κ2) is 9.77. The fourth-order valence-corrected chi connectivity index (χ4v) is 4.24. The van der Waals surface area contributed by atoms with E-state index in [2.05, 4.69) is 9.97 Å². The van der Waals surface area contributed by atoms with E-state index in [4.69, 9.17) is 4.74 Å². The number of H-pyrrole nitrogens is 1. The largest absolute Gasteiger partial charge is 0.455 e. The number of ether oxygens (including phenoxy) is 1. The number of amides is 1. The zero-order valence-electron chi connectivity index (χ0n) is 18.4. The van der Waals surface area contributed by atoms with Gasteiger partial charge in [0, 0.05) is 17.6 Å². The molecule has 2 aromatic carbocycles. The molecule has 4 rings (SSSR count). The van der Waals surface area contributed by atoms with Crippen molar-refractivity contribution in [2.75, 3.05) is 11.9 Å². The van der Waals surface area contributed by atoms with Crippen LogP contribution in [0.2, 0.25) is 0 Å². The Bertz CT molecular complexity index is 1600. The van der Waals surface area contributed by atoms with Crippen LogP contribution in [0.1, 0.15) is 10.4 Å². The van der Waals surface area contributed by atoms with Crippen molar-refractivity contribution in [1.82, 2.24) is 14.7 Å². The van der Waals surface area contributed by atoms with Gasteiger partial charge in [0.1, 0.15) is 29.4 Å². The summed E-state index contributed by atoms with van der Waals surface area (Å²) in [5, 5.41) is 13.9. The number of carbonyl (C=O) groups excluding carboxylic acids is 1. The van der Waals surface area contributed by atoms with Crippen LogP contribution in [0.3, 0.4) is 0 Å². The van der Waals surface area contributed by atoms with Gasteiger partial charge >= 0.3 is 6.18 Å². The number of fused-ring (bicyclic) bond motifs is 1. The summed E-state index contributed by atoms with van der Waals surface area (Å²) >= 11 is 0. The summed E-state index contributed by atoms with van der Waals surface area (Å²) in [5.74, 6) is -0.828. The third-order valence-corrected chi connectivity index (χ3v) is 6.25. The highest BCUT2D eigenvalue weighted by atomic mass is 32.2. The molecule has 0 aliphatic carbocycles. The molecule has 0 unspecified atom stereocenters. The van der Waals surface area contributed by atoms with E-state index in [9.17, 15) is 36.5 Å². The second-order valence-corrected chi connectivity index (χ2v) is 9.21. The lowest BCUT2D eigenvalue weighted by Crippen LogP contribution is -2.31. The molecule has 0 radical (unpaired) electrons. The normalized spacial score (nSPS) is 11.8. The summed E-state index contributed by atoms with van der Waals surface area (Å²) in [6.07, 6.45) is -1.58. The fraction of sp³-hybridized carbons (Fsp3) is 0.0909. The highest BCUT2D eigenvalue weighted by molar-refractivity contribution is 7.90. The first-order valence-electron chi connectivity index (χ1n) is 10.3. The van der Waals surface area contributed by atoms with Crippen LogP contribution in [0.5, 0.6) is 11.5 Å². The number of nitrogens with zero attached hydrogens (tertiary/aromatic N) is 2. The summed E-state index contributed by atoms with van der Waals surface area (Å²) in [6.45, 7) is -1.57. The first-order valence-corrected chi connectivity index (χ1v) is 11.8. The third-order valence-electron chi connectivity index (χ3n) is 4.92. The Balaban J connectivity index is 1.57.